The number of ketones is 1. The van der Waals surface area contributed by atoms with Crippen LogP contribution in [0.1, 0.15) is 21.5 Å². The van der Waals surface area contributed by atoms with E-state index >= 15 is 0 Å². The zero-order valence-electron chi connectivity index (χ0n) is 9.44. The van der Waals surface area contributed by atoms with Gasteiger partial charge in [0.2, 0.25) is 0 Å². The molecular formula is C16H12O. The monoisotopic (exact) mass is 220 g/mol. The fourth-order valence-electron chi connectivity index (χ4n) is 2.47. The van der Waals surface area contributed by atoms with Crippen LogP contribution in [0, 0.1) is 0 Å². The molecule has 0 fully saturated rings. The van der Waals surface area contributed by atoms with Crippen LogP contribution in [0.4, 0.5) is 0 Å². The number of rotatable bonds is 2. The lowest BCUT2D eigenvalue weighted by Crippen LogP contribution is -1.99. The van der Waals surface area contributed by atoms with Crippen molar-refractivity contribution in [2.75, 3.05) is 0 Å². The summed E-state index contributed by atoms with van der Waals surface area (Å²) >= 11 is 0. The number of fused-ring (bicyclic) bond motifs is 3. The van der Waals surface area contributed by atoms with Crippen molar-refractivity contribution in [2.45, 2.75) is 6.42 Å². The quantitative estimate of drug-likeness (QED) is 0.603. The Bertz CT molecular complexity index is 623. The summed E-state index contributed by atoms with van der Waals surface area (Å²) in [7, 11) is 0. The van der Waals surface area contributed by atoms with Crippen LogP contribution in [0.2, 0.25) is 0 Å². The molecule has 0 bridgehead atoms. The molecule has 1 nitrogen and oxygen atoms in total. The minimum absolute atomic E-state index is 0.146. The molecule has 0 unspecified atom stereocenters. The van der Waals surface area contributed by atoms with E-state index in [1.165, 1.54) is 0 Å². The maximum atomic E-state index is 12.3. The Morgan fingerprint density at radius 2 is 1.65 bits per heavy atom. The van der Waals surface area contributed by atoms with Gasteiger partial charge in [0.15, 0.2) is 5.78 Å². The largest absolute Gasteiger partial charge is 0.289 e. The molecule has 0 N–H and O–H groups in total. The maximum Gasteiger partial charge on any atom is 0.194 e. The van der Waals surface area contributed by atoms with Crippen molar-refractivity contribution in [3.8, 4) is 11.1 Å². The predicted molar refractivity (Wildman–Crippen MR) is 69.2 cm³/mol. The van der Waals surface area contributed by atoms with Crippen LogP contribution >= 0.6 is 0 Å². The molecule has 0 radical (unpaired) electrons. The van der Waals surface area contributed by atoms with E-state index in [2.05, 4.69) is 6.58 Å². The second-order valence-electron chi connectivity index (χ2n) is 4.21. The molecule has 0 atom stereocenters. The number of hydrogen-bond acceptors (Lipinski definition) is 1. The lowest BCUT2D eigenvalue weighted by Gasteiger charge is -2.04. The third-order valence-electron chi connectivity index (χ3n) is 3.20. The van der Waals surface area contributed by atoms with E-state index in [4.69, 9.17) is 0 Å². The summed E-state index contributed by atoms with van der Waals surface area (Å²) in [6.07, 6.45) is 2.58. The standard InChI is InChI=1S/C16H12O/c1-2-6-11-7-5-10-13-12-8-3-4-9-14(12)16(17)15(11)13/h2-5,7-10H,1,6H2. The molecule has 0 spiro atoms. The number of carbonyl (C=O) groups excluding carboxylic acids is 1. The summed E-state index contributed by atoms with van der Waals surface area (Å²) in [6, 6.07) is 13.8. The molecule has 0 aliphatic heterocycles. The Morgan fingerprint density at radius 3 is 2.41 bits per heavy atom. The van der Waals surface area contributed by atoms with E-state index in [-0.39, 0.29) is 5.78 Å². The van der Waals surface area contributed by atoms with Crippen molar-refractivity contribution in [1.29, 1.82) is 0 Å². The summed E-state index contributed by atoms with van der Waals surface area (Å²) in [5.41, 5.74) is 4.86. The van der Waals surface area contributed by atoms with Gasteiger partial charge in [-0.2, -0.15) is 0 Å². The van der Waals surface area contributed by atoms with Crippen LogP contribution in [-0.4, -0.2) is 5.78 Å². The minimum Gasteiger partial charge on any atom is -0.289 e. The lowest BCUT2D eigenvalue weighted by molar-refractivity contribution is 0.104. The molecule has 1 aliphatic carbocycles. The maximum absolute atomic E-state index is 12.3. The van der Waals surface area contributed by atoms with Gasteiger partial charge in [-0.05, 0) is 23.1 Å². The zero-order valence-corrected chi connectivity index (χ0v) is 9.44. The van der Waals surface area contributed by atoms with Crippen LogP contribution in [-0.2, 0) is 6.42 Å². The summed E-state index contributed by atoms with van der Waals surface area (Å²) in [5, 5.41) is 0. The van der Waals surface area contributed by atoms with E-state index in [0.29, 0.717) is 0 Å². The molecule has 2 aromatic carbocycles. The van der Waals surface area contributed by atoms with Gasteiger partial charge in [-0.3, -0.25) is 4.79 Å². The van der Waals surface area contributed by atoms with Crippen LogP contribution < -0.4 is 0 Å². The predicted octanol–water partition coefficient (Wildman–Crippen LogP) is 3.63. The smallest absolute Gasteiger partial charge is 0.194 e. The SMILES string of the molecule is C=CCc1cccc2c1C(=O)c1ccccc1-2. The zero-order chi connectivity index (χ0) is 11.8. The van der Waals surface area contributed by atoms with Gasteiger partial charge in [0, 0.05) is 11.1 Å². The second kappa shape index (κ2) is 3.70. The van der Waals surface area contributed by atoms with Gasteiger partial charge in [-0.15, -0.1) is 6.58 Å². The number of carbonyl (C=O) groups is 1. The summed E-state index contributed by atoms with van der Waals surface area (Å²) in [6.45, 7) is 3.74. The third kappa shape index (κ3) is 1.36. The van der Waals surface area contributed by atoms with Gasteiger partial charge in [-0.25, -0.2) is 0 Å². The first kappa shape index (κ1) is 10.0. The number of hydrogen-bond donors (Lipinski definition) is 0. The van der Waals surface area contributed by atoms with Gasteiger partial charge in [0.1, 0.15) is 0 Å². The van der Waals surface area contributed by atoms with Crippen molar-refractivity contribution in [1.82, 2.24) is 0 Å². The van der Waals surface area contributed by atoms with Crippen molar-refractivity contribution < 1.29 is 4.79 Å². The molecule has 0 heterocycles. The highest BCUT2D eigenvalue weighted by atomic mass is 16.1. The molecule has 1 aliphatic rings. The highest BCUT2D eigenvalue weighted by Gasteiger charge is 2.27. The van der Waals surface area contributed by atoms with Crippen molar-refractivity contribution >= 4 is 5.78 Å². The second-order valence-corrected chi connectivity index (χ2v) is 4.21. The Labute approximate surface area is 100 Å². The van der Waals surface area contributed by atoms with Gasteiger partial charge in [0.05, 0.1) is 0 Å². The molecule has 0 saturated carbocycles. The van der Waals surface area contributed by atoms with E-state index in [0.717, 1.165) is 34.2 Å². The Kier molecular flexibility index (Phi) is 2.19. The number of benzene rings is 2. The van der Waals surface area contributed by atoms with Gasteiger partial charge < -0.3 is 0 Å². The van der Waals surface area contributed by atoms with Crippen molar-refractivity contribution in [3.05, 3.63) is 71.8 Å². The van der Waals surface area contributed by atoms with E-state index < -0.39 is 0 Å². The minimum atomic E-state index is 0.146. The van der Waals surface area contributed by atoms with Crippen LogP contribution in [0.5, 0.6) is 0 Å². The summed E-state index contributed by atoms with van der Waals surface area (Å²) in [5.74, 6) is 0.146. The van der Waals surface area contributed by atoms with Gasteiger partial charge >= 0.3 is 0 Å². The molecule has 0 saturated heterocycles. The van der Waals surface area contributed by atoms with E-state index in [1.54, 1.807) is 0 Å². The Hall–Kier alpha value is -2.15. The Balaban J connectivity index is 2.30. The highest BCUT2D eigenvalue weighted by molar-refractivity contribution is 6.22. The molecule has 0 amide bonds. The molecule has 3 rings (SSSR count). The molecule has 1 heteroatoms. The fraction of sp³-hybridized carbons (Fsp3) is 0.0625. The first-order chi connectivity index (χ1) is 8.33. The molecule has 0 aromatic heterocycles. The summed E-state index contributed by atoms with van der Waals surface area (Å²) in [4.78, 5) is 12.3. The molecule has 2 aromatic rings. The molecule has 17 heavy (non-hydrogen) atoms. The topological polar surface area (TPSA) is 17.1 Å². The third-order valence-corrected chi connectivity index (χ3v) is 3.20. The van der Waals surface area contributed by atoms with Crippen molar-refractivity contribution in [2.24, 2.45) is 0 Å². The van der Waals surface area contributed by atoms with Gasteiger partial charge in [-0.1, -0.05) is 48.5 Å². The molecule has 82 valence electrons. The highest BCUT2D eigenvalue weighted by Crippen LogP contribution is 2.38. The number of allylic oxidation sites excluding steroid dienone is 1. The van der Waals surface area contributed by atoms with Crippen LogP contribution in [0.3, 0.4) is 0 Å². The average molecular weight is 220 g/mol. The van der Waals surface area contributed by atoms with Crippen LogP contribution in [0.25, 0.3) is 11.1 Å². The van der Waals surface area contributed by atoms with Crippen molar-refractivity contribution in [3.63, 3.8) is 0 Å². The first-order valence-electron chi connectivity index (χ1n) is 5.70. The van der Waals surface area contributed by atoms with Gasteiger partial charge in [0.25, 0.3) is 0 Å². The fourth-order valence-corrected chi connectivity index (χ4v) is 2.47. The van der Waals surface area contributed by atoms with E-state index in [1.807, 2.05) is 48.5 Å². The lowest BCUT2D eigenvalue weighted by atomic mass is 9.99. The average Bonchev–Trinajstić information content (AvgIpc) is 2.66. The first-order valence-corrected chi connectivity index (χ1v) is 5.70. The van der Waals surface area contributed by atoms with E-state index in [9.17, 15) is 4.79 Å². The van der Waals surface area contributed by atoms with Crippen LogP contribution in [0.15, 0.2) is 55.1 Å². The Morgan fingerprint density at radius 1 is 0.941 bits per heavy atom. The normalized spacial score (nSPS) is 12.1. The molecular weight excluding hydrogens is 208 g/mol. The summed E-state index contributed by atoms with van der Waals surface area (Å²) < 4.78 is 0.